The SMILES string of the molecule is CN1CCN(Cc2cccnc2)C2(CCN(c3ncc(F)cn3)C2)C1=O. The molecule has 0 saturated carbocycles. The molecule has 0 aromatic carbocycles. The highest BCUT2D eigenvalue weighted by molar-refractivity contribution is 5.88. The molecule has 2 fully saturated rings. The van der Waals surface area contributed by atoms with Crippen LogP contribution < -0.4 is 4.90 Å². The summed E-state index contributed by atoms with van der Waals surface area (Å²) in [5.41, 5.74) is 0.473. The van der Waals surface area contributed by atoms with E-state index in [0.29, 0.717) is 38.5 Å². The van der Waals surface area contributed by atoms with Crippen molar-refractivity contribution in [1.82, 2.24) is 24.8 Å². The predicted octanol–water partition coefficient (Wildman–Crippen LogP) is 0.934. The summed E-state index contributed by atoms with van der Waals surface area (Å²) in [5.74, 6) is 0.122. The number of amides is 1. The number of aromatic nitrogens is 3. The van der Waals surface area contributed by atoms with E-state index in [1.807, 2.05) is 30.3 Å². The molecule has 2 saturated heterocycles. The summed E-state index contributed by atoms with van der Waals surface area (Å²) in [6, 6.07) is 3.94. The number of carbonyl (C=O) groups is 1. The van der Waals surface area contributed by atoms with E-state index in [1.165, 1.54) is 0 Å². The zero-order chi connectivity index (χ0) is 18.1. The van der Waals surface area contributed by atoms with E-state index < -0.39 is 11.4 Å². The van der Waals surface area contributed by atoms with Gasteiger partial charge < -0.3 is 9.80 Å². The van der Waals surface area contributed by atoms with Gasteiger partial charge in [0.1, 0.15) is 5.54 Å². The summed E-state index contributed by atoms with van der Waals surface area (Å²) in [5, 5.41) is 0. The van der Waals surface area contributed by atoms with Crippen molar-refractivity contribution in [3.05, 3.63) is 48.3 Å². The largest absolute Gasteiger partial charge is 0.343 e. The molecule has 1 atom stereocenters. The first-order chi connectivity index (χ1) is 12.6. The van der Waals surface area contributed by atoms with Gasteiger partial charge in [-0.15, -0.1) is 0 Å². The fourth-order valence-electron chi connectivity index (χ4n) is 3.89. The van der Waals surface area contributed by atoms with Crippen LogP contribution in [0.2, 0.25) is 0 Å². The van der Waals surface area contributed by atoms with Crippen LogP contribution in [0.25, 0.3) is 0 Å². The molecule has 7 nitrogen and oxygen atoms in total. The van der Waals surface area contributed by atoms with Crippen LogP contribution in [0.3, 0.4) is 0 Å². The maximum atomic E-state index is 13.1. The van der Waals surface area contributed by atoms with Crippen LogP contribution in [0.5, 0.6) is 0 Å². The lowest BCUT2D eigenvalue weighted by Gasteiger charge is -2.46. The van der Waals surface area contributed by atoms with E-state index in [-0.39, 0.29) is 5.91 Å². The van der Waals surface area contributed by atoms with Gasteiger partial charge in [0.15, 0.2) is 5.82 Å². The quantitative estimate of drug-likeness (QED) is 0.815. The Kier molecular flexibility index (Phi) is 4.28. The third kappa shape index (κ3) is 2.90. The van der Waals surface area contributed by atoms with Crippen molar-refractivity contribution in [2.75, 3.05) is 38.1 Å². The van der Waals surface area contributed by atoms with E-state index in [9.17, 15) is 9.18 Å². The average Bonchev–Trinajstić information content (AvgIpc) is 3.10. The van der Waals surface area contributed by atoms with Crippen molar-refractivity contribution < 1.29 is 9.18 Å². The van der Waals surface area contributed by atoms with Gasteiger partial charge in [-0.1, -0.05) is 6.07 Å². The summed E-state index contributed by atoms with van der Waals surface area (Å²) < 4.78 is 13.1. The van der Waals surface area contributed by atoms with Crippen molar-refractivity contribution in [1.29, 1.82) is 0 Å². The molecule has 4 rings (SSSR count). The first-order valence-electron chi connectivity index (χ1n) is 8.70. The zero-order valence-corrected chi connectivity index (χ0v) is 14.7. The molecule has 26 heavy (non-hydrogen) atoms. The molecular formula is C18H21FN6O. The van der Waals surface area contributed by atoms with Crippen LogP contribution >= 0.6 is 0 Å². The van der Waals surface area contributed by atoms with Gasteiger partial charge in [-0.05, 0) is 18.1 Å². The molecule has 1 amide bonds. The Hall–Kier alpha value is -2.61. The van der Waals surface area contributed by atoms with Crippen molar-refractivity contribution in [2.45, 2.75) is 18.5 Å². The summed E-state index contributed by atoms with van der Waals surface area (Å²) in [6.07, 6.45) is 6.60. The summed E-state index contributed by atoms with van der Waals surface area (Å²) in [4.78, 5) is 31.5. The molecule has 2 aliphatic rings. The highest BCUT2D eigenvalue weighted by Gasteiger charge is 2.52. The first kappa shape index (κ1) is 16.8. The van der Waals surface area contributed by atoms with E-state index in [0.717, 1.165) is 24.5 Å². The van der Waals surface area contributed by atoms with Crippen LogP contribution in [0.1, 0.15) is 12.0 Å². The van der Waals surface area contributed by atoms with E-state index in [4.69, 9.17) is 0 Å². The molecule has 4 heterocycles. The Morgan fingerprint density at radius 2 is 2.00 bits per heavy atom. The van der Waals surface area contributed by atoms with Gasteiger partial charge >= 0.3 is 0 Å². The Balaban J connectivity index is 1.61. The molecular weight excluding hydrogens is 335 g/mol. The summed E-state index contributed by atoms with van der Waals surface area (Å²) in [7, 11) is 1.85. The number of piperazine rings is 1. The number of nitrogens with zero attached hydrogens (tertiary/aromatic N) is 6. The number of carbonyl (C=O) groups excluding carboxylic acids is 1. The maximum Gasteiger partial charge on any atom is 0.244 e. The minimum absolute atomic E-state index is 0.122. The Bertz CT molecular complexity index is 786. The lowest BCUT2D eigenvalue weighted by Crippen LogP contribution is -2.65. The number of rotatable bonds is 3. The van der Waals surface area contributed by atoms with Crippen molar-refractivity contribution in [2.24, 2.45) is 0 Å². The lowest BCUT2D eigenvalue weighted by atomic mass is 9.91. The normalized spacial score (nSPS) is 23.8. The Morgan fingerprint density at radius 3 is 2.73 bits per heavy atom. The lowest BCUT2D eigenvalue weighted by molar-refractivity contribution is -0.148. The molecule has 136 valence electrons. The number of anilines is 1. The monoisotopic (exact) mass is 356 g/mol. The number of pyridine rings is 1. The van der Waals surface area contributed by atoms with Crippen molar-refractivity contribution in [3.63, 3.8) is 0 Å². The first-order valence-corrected chi connectivity index (χ1v) is 8.70. The van der Waals surface area contributed by atoms with Gasteiger partial charge in [0, 0.05) is 52.2 Å². The highest BCUT2D eigenvalue weighted by Crippen LogP contribution is 2.35. The topological polar surface area (TPSA) is 65.5 Å². The number of likely N-dealkylation sites (N-methyl/N-ethyl adjacent to an activating group) is 1. The molecule has 2 aromatic rings. The molecule has 2 aromatic heterocycles. The average molecular weight is 356 g/mol. The number of hydrogen-bond donors (Lipinski definition) is 0. The zero-order valence-electron chi connectivity index (χ0n) is 14.7. The number of halogens is 1. The second-order valence-electron chi connectivity index (χ2n) is 6.91. The number of hydrogen-bond acceptors (Lipinski definition) is 6. The summed E-state index contributed by atoms with van der Waals surface area (Å²) in [6.45, 7) is 3.34. The molecule has 0 N–H and O–H groups in total. The molecule has 1 spiro atoms. The second-order valence-corrected chi connectivity index (χ2v) is 6.91. The van der Waals surface area contributed by atoms with Gasteiger partial charge in [0.2, 0.25) is 11.9 Å². The highest BCUT2D eigenvalue weighted by atomic mass is 19.1. The van der Waals surface area contributed by atoms with Crippen LogP contribution in [0.4, 0.5) is 10.3 Å². The van der Waals surface area contributed by atoms with Gasteiger partial charge in [-0.3, -0.25) is 14.7 Å². The Labute approximate surface area is 151 Å². The predicted molar refractivity (Wildman–Crippen MR) is 93.8 cm³/mol. The van der Waals surface area contributed by atoms with E-state index >= 15 is 0 Å². The Morgan fingerprint density at radius 1 is 1.19 bits per heavy atom. The van der Waals surface area contributed by atoms with Gasteiger partial charge in [-0.2, -0.15) is 0 Å². The minimum Gasteiger partial charge on any atom is -0.343 e. The maximum absolute atomic E-state index is 13.1. The van der Waals surface area contributed by atoms with E-state index in [1.54, 1.807) is 11.1 Å². The van der Waals surface area contributed by atoms with Crippen molar-refractivity contribution in [3.8, 4) is 0 Å². The molecule has 1 unspecified atom stereocenters. The van der Waals surface area contributed by atoms with Crippen LogP contribution in [-0.2, 0) is 11.3 Å². The fourth-order valence-corrected chi connectivity index (χ4v) is 3.89. The van der Waals surface area contributed by atoms with Gasteiger partial charge in [-0.25, -0.2) is 14.4 Å². The van der Waals surface area contributed by atoms with Gasteiger partial charge in [0.25, 0.3) is 0 Å². The molecule has 8 heteroatoms. The second kappa shape index (κ2) is 6.60. The third-order valence-corrected chi connectivity index (χ3v) is 5.29. The molecule has 0 aliphatic carbocycles. The van der Waals surface area contributed by atoms with Crippen LogP contribution in [-0.4, -0.2) is 69.4 Å². The minimum atomic E-state index is -0.611. The molecule has 2 aliphatic heterocycles. The standard InChI is InChI=1S/C18H21FN6O/c1-23-7-8-25(12-14-3-2-5-20-9-14)18(16(23)26)4-6-24(13-18)17-21-10-15(19)11-22-17/h2-3,5,9-11H,4,6-8,12-13H2,1H3. The summed E-state index contributed by atoms with van der Waals surface area (Å²) >= 11 is 0. The van der Waals surface area contributed by atoms with E-state index in [2.05, 4.69) is 19.9 Å². The van der Waals surface area contributed by atoms with Gasteiger partial charge in [0.05, 0.1) is 12.4 Å². The third-order valence-electron chi connectivity index (χ3n) is 5.29. The van der Waals surface area contributed by atoms with Crippen molar-refractivity contribution >= 4 is 11.9 Å². The van der Waals surface area contributed by atoms with Crippen LogP contribution in [0.15, 0.2) is 36.9 Å². The molecule has 0 bridgehead atoms. The smallest absolute Gasteiger partial charge is 0.244 e. The molecule has 0 radical (unpaired) electrons. The van der Waals surface area contributed by atoms with Crippen LogP contribution in [0, 0.1) is 5.82 Å². The fraction of sp³-hybridized carbons (Fsp3) is 0.444.